The van der Waals surface area contributed by atoms with Crippen molar-refractivity contribution in [3.8, 4) is 16.8 Å². The molecule has 0 unspecified atom stereocenters. The molecule has 8 aromatic rings. The predicted octanol–water partition coefficient (Wildman–Crippen LogP) is 10.5. The molecule has 0 atom stereocenters. The summed E-state index contributed by atoms with van der Waals surface area (Å²) in [6.07, 6.45) is 0. The van der Waals surface area contributed by atoms with Crippen molar-refractivity contribution in [2.24, 2.45) is 0 Å². The lowest BCUT2D eigenvalue weighted by Gasteiger charge is -2.22. The summed E-state index contributed by atoms with van der Waals surface area (Å²) < 4.78 is 2.48. The largest absolute Gasteiger partial charge is 0.309 e. The molecule has 1 aliphatic rings. The summed E-state index contributed by atoms with van der Waals surface area (Å²) in [5, 5.41) is 10.5. The van der Waals surface area contributed by atoms with Gasteiger partial charge in [0.25, 0.3) is 0 Å². The SMILES string of the molecule is CC1(C)c2cc3c4ccccc4c4ccccc4c3cc2-c2c(-n3c4ccccc4c4ccccc43)cccc21. The molecule has 7 aromatic carbocycles. The highest BCUT2D eigenvalue weighted by Crippen LogP contribution is 2.53. The molecule has 0 radical (unpaired) electrons. The third kappa shape index (κ3) is 2.67. The van der Waals surface area contributed by atoms with Gasteiger partial charge in [0.1, 0.15) is 0 Å². The first kappa shape index (κ1) is 22.0. The van der Waals surface area contributed by atoms with Crippen LogP contribution in [-0.2, 0) is 5.41 Å². The average Bonchev–Trinajstić information content (AvgIpc) is 3.45. The number of rotatable bonds is 1. The van der Waals surface area contributed by atoms with Gasteiger partial charge >= 0.3 is 0 Å². The van der Waals surface area contributed by atoms with Gasteiger partial charge in [0.2, 0.25) is 0 Å². The molecule has 0 aliphatic heterocycles. The summed E-state index contributed by atoms with van der Waals surface area (Å²) in [5.74, 6) is 0. The highest BCUT2D eigenvalue weighted by atomic mass is 15.0. The predicted molar refractivity (Wildman–Crippen MR) is 171 cm³/mol. The second kappa shape index (κ2) is 7.61. The van der Waals surface area contributed by atoms with Crippen molar-refractivity contribution in [1.82, 2.24) is 4.57 Å². The zero-order valence-corrected chi connectivity index (χ0v) is 22.6. The number of hydrogen-bond donors (Lipinski definition) is 0. The van der Waals surface area contributed by atoms with Gasteiger partial charge in [-0.2, -0.15) is 0 Å². The average molecular weight is 510 g/mol. The molecule has 9 rings (SSSR count). The van der Waals surface area contributed by atoms with Gasteiger partial charge in [-0.1, -0.05) is 111 Å². The van der Waals surface area contributed by atoms with E-state index in [0.29, 0.717) is 0 Å². The van der Waals surface area contributed by atoms with Gasteiger partial charge in [0.05, 0.1) is 16.7 Å². The Balaban J connectivity index is 1.46. The molecule has 0 fully saturated rings. The maximum absolute atomic E-state index is 2.50. The Morgan fingerprint density at radius 3 is 1.48 bits per heavy atom. The fourth-order valence-corrected chi connectivity index (χ4v) is 7.53. The van der Waals surface area contributed by atoms with Crippen LogP contribution in [0, 0.1) is 0 Å². The van der Waals surface area contributed by atoms with E-state index in [1.807, 2.05) is 0 Å². The molecule has 1 heteroatoms. The van der Waals surface area contributed by atoms with E-state index in [1.54, 1.807) is 0 Å². The minimum atomic E-state index is -0.111. The van der Waals surface area contributed by atoms with Gasteiger partial charge in [-0.3, -0.25) is 0 Å². The van der Waals surface area contributed by atoms with Crippen LogP contribution in [0.1, 0.15) is 25.0 Å². The second-order valence-corrected chi connectivity index (χ2v) is 11.7. The number of benzene rings is 7. The third-order valence-corrected chi connectivity index (χ3v) is 9.36. The minimum absolute atomic E-state index is 0.111. The van der Waals surface area contributed by atoms with Crippen molar-refractivity contribution in [2.75, 3.05) is 0 Å². The Bertz CT molecular complexity index is 2300. The quantitative estimate of drug-likeness (QED) is 0.194. The van der Waals surface area contributed by atoms with Crippen LogP contribution in [0.25, 0.3) is 70.9 Å². The summed E-state index contributed by atoms with van der Waals surface area (Å²) >= 11 is 0. The Hall–Kier alpha value is -4.88. The van der Waals surface area contributed by atoms with Gasteiger partial charge in [-0.25, -0.2) is 0 Å². The number of nitrogens with zero attached hydrogens (tertiary/aromatic N) is 1. The van der Waals surface area contributed by atoms with Crippen LogP contribution in [-0.4, -0.2) is 4.57 Å². The molecular weight excluding hydrogens is 482 g/mol. The van der Waals surface area contributed by atoms with Crippen LogP contribution in [0.4, 0.5) is 0 Å². The number of aromatic nitrogens is 1. The van der Waals surface area contributed by atoms with E-state index < -0.39 is 0 Å². The van der Waals surface area contributed by atoms with E-state index in [1.165, 1.54) is 82.1 Å². The Labute approximate surface area is 232 Å². The van der Waals surface area contributed by atoms with Crippen LogP contribution in [0.3, 0.4) is 0 Å². The summed E-state index contributed by atoms with van der Waals surface area (Å²) in [5.41, 5.74) is 9.15. The van der Waals surface area contributed by atoms with Crippen molar-refractivity contribution >= 4 is 54.1 Å². The molecule has 1 heterocycles. The third-order valence-electron chi connectivity index (χ3n) is 9.36. The lowest BCUT2D eigenvalue weighted by molar-refractivity contribution is 0.661. The van der Waals surface area contributed by atoms with E-state index in [2.05, 4.69) is 146 Å². The van der Waals surface area contributed by atoms with Crippen LogP contribution in [0.2, 0.25) is 0 Å². The fraction of sp³-hybridized carbons (Fsp3) is 0.0769. The number of fused-ring (bicyclic) bond motifs is 12. The van der Waals surface area contributed by atoms with Gasteiger partial charge in [0.15, 0.2) is 0 Å². The van der Waals surface area contributed by atoms with E-state index in [0.717, 1.165) is 0 Å². The molecule has 0 bridgehead atoms. The Morgan fingerprint density at radius 2 is 0.900 bits per heavy atom. The molecule has 0 saturated heterocycles. The first-order valence-corrected chi connectivity index (χ1v) is 14.1. The first-order chi connectivity index (χ1) is 19.6. The van der Waals surface area contributed by atoms with Crippen LogP contribution in [0.5, 0.6) is 0 Å². The summed E-state index contributed by atoms with van der Waals surface area (Å²) in [6, 6.07) is 47.3. The van der Waals surface area contributed by atoms with Crippen molar-refractivity contribution in [3.05, 3.63) is 139 Å². The van der Waals surface area contributed by atoms with Gasteiger partial charge in [-0.05, 0) is 79.3 Å². The van der Waals surface area contributed by atoms with Crippen molar-refractivity contribution in [1.29, 1.82) is 0 Å². The molecule has 1 aliphatic carbocycles. The molecule has 0 N–H and O–H groups in total. The maximum Gasteiger partial charge on any atom is 0.0543 e. The fourth-order valence-electron chi connectivity index (χ4n) is 7.53. The van der Waals surface area contributed by atoms with E-state index in [-0.39, 0.29) is 5.41 Å². The van der Waals surface area contributed by atoms with Crippen LogP contribution in [0.15, 0.2) is 127 Å². The summed E-state index contributed by atoms with van der Waals surface area (Å²) in [6.45, 7) is 4.78. The van der Waals surface area contributed by atoms with Gasteiger partial charge in [0, 0.05) is 21.8 Å². The second-order valence-electron chi connectivity index (χ2n) is 11.7. The molecule has 0 saturated carbocycles. The molecule has 0 spiro atoms. The monoisotopic (exact) mass is 509 g/mol. The molecule has 40 heavy (non-hydrogen) atoms. The van der Waals surface area contributed by atoms with E-state index in [4.69, 9.17) is 0 Å². The Kier molecular flexibility index (Phi) is 4.18. The van der Waals surface area contributed by atoms with Gasteiger partial charge < -0.3 is 4.57 Å². The molecule has 188 valence electrons. The van der Waals surface area contributed by atoms with Crippen molar-refractivity contribution in [2.45, 2.75) is 19.3 Å². The normalized spacial score (nSPS) is 13.9. The van der Waals surface area contributed by atoms with Crippen molar-refractivity contribution < 1.29 is 0 Å². The number of para-hydroxylation sites is 2. The van der Waals surface area contributed by atoms with Crippen LogP contribution >= 0.6 is 0 Å². The molecule has 1 aromatic heterocycles. The topological polar surface area (TPSA) is 4.93 Å². The van der Waals surface area contributed by atoms with Gasteiger partial charge in [-0.15, -0.1) is 0 Å². The smallest absolute Gasteiger partial charge is 0.0543 e. The molecule has 0 amide bonds. The maximum atomic E-state index is 2.50. The Morgan fingerprint density at radius 1 is 0.425 bits per heavy atom. The highest BCUT2D eigenvalue weighted by molar-refractivity contribution is 6.26. The summed E-state index contributed by atoms with van der Waals surface area (Å²) in [7, 11) is 0. The van der Waals surface area contributed by atoms with E-state index in [9.17, 15) is 0 Å². The lowest BCUT2D eigenvalue weighted by Crippen LogP contribution is -2.15. The first-order valence-electron chi connectivity index (χ1n) is 14.1. The summed E-state index contributed by atoms with van der Waals surface area (Å²) in [4.78, 5) is 0. The lowest BCUT2D eigenvalue weighted by atomic mass is 9.81. The number of hydrogen-bond acceptors (Lipinski definition) is 0. The highest BCUT2D eigenvalue weighted by Gasteiger charge is 2.38. The van der Waals surface area contributed by atoms with Crippen LogP contribution < -0.4 is 0 Å². The zero-order chi connectivity index (χ0) is 26.6. The van der Waals surface area contributed by atoms with Crippen molar-refractivity contribution in [3.63, 3.8) is 0 Å². The standard InChI is InChI=1S/C39H27N/c1-39(2)33-18-11-21-37(40-35-19-9-7-16-28(35)29-17-8-10-20-36(29)40)38(33)32-22-30-26-14-5-3-12-24(26)25-13-4-6-15-27(25)31(30)23-34(32)39/h3-23H,1-2H3. The zero-order valence-electron chi connectivity index (χ0n) is 22.6. The molecule has 1 nitrogen and oxygen atoms in total. The molecular formula is C39H27N. The van der Waals surface area contributed by atoms with E-state index >= 15 is 0 Å². The minimum Gasteiger partial charge on any atom is -0.309 e.